The Morgan fingerprint density at radius 1 is 0.148 bits per heavy atom. The van der Waals surface area contributed by atoms with Crippen molar-refractivity contribution in [2.75, 3.05) is 14.7 Å². The van der Waals surface area contributed by atoms with E-state index in [1.807, 2.05) is 36.4 Å². The fourth-order valence-electron chi connectivity index (χ4n) is 10.8. The van der Waals surface area contributed by atoms with Crippen molar-refractivity contribution in [3.8, 4) is 66.8 Å². The van der Waals surface area contributed by atoms with Crippen molar-refractivity contribution in [1.29, 1.82) is 0 Å². The summed E-state index contributed by atoms with van der Waals surface area (Å²) < 4.78 is 24.8. The molecule has 0 N–H and O–H groups in total. The van der Waals surface area contributed by atoms with E-state index in [1.54, 1.807) is 18.2 Å². The van der Waals surface area contributed by atoms with E-state index in [9.17, 15) is 0 Å². The SMILES string of the molecule is [3H]c1cccc(-c2ccc(N(c3ccccc3)c3cccc(-c4cc(-c5cccc(N(c6ccccc6)c6ccc(-c7cccc([3H])c7)cc6)c5)cc(-c5cccc(N(c6ccccc6)c6ccc(-c7cccc([3H])c7)cc6)c5)c4)c3)cc2)c1. The van der Waals surface area contributed by atoms with E-state index in [-0.39, 0.29) is 0 Å². The second kappa shape index (κ2) is 23.1. The molecule has 0 saturated heterocycles. The van der Waals surface area contributed by atoms with Crippen LogP contribution in [0.4, 0.5) is 51.2 Å². The predicted octanol–water partition coefficient (Wildman–Crippen LogP) is 22.1. The van der Waals surface area contributed by atoms with Gasteiger partial charge in [-0.15, -0.1) is 0 Å². The van der Waals surface area contributed by atoms with Gasteiger partial charge in [0.1, 0.15) is 0 Å². The minimum absolute atomic E-state index is 0.487. The quantitative estimate of drug-likeness (QED) is 0.101. The summed E-state index contributed by atoms with van der Waals surface area (Å²) in [5.74, 6) is 0. The van der Waals surface area contributed by atoms with Gasteiger partial charge in [0.2, 0.25) is 0 Å². The predicted molar refractivity (Wildman–Crippen MR) is 343 cm³/mol. The third-order valence-electron chi connectivity index (χ3n) is 14.8. The lowest BCUT2D eigenvalue weighted by molar-refractivity contribution is 1.28. The molecule has 0 atom stereocenters. The number of hydrogen-bond donors (Lipinski definition) is 0. The molecule has 0 saturated carbocycles. The first-order valence-electron chi connectivity index (χ1n) is 28.9. The minimum atomic E-state index is 0.487. The number of para-hydroxylation sites is 3. The molecule has 0 spiro atoms. The molecule has 0 bridgehead atoms. The number of nitrogens with zero attached hydrogens (tertiary/aromatic N) is 3. The second-order valence-electron chi connectivity index (χ2n) is 20.0. The Morgan fingerprint density at radius 3 is 0.642 bits per heavy atom. The first-order chi connectivity index (χ1) is 41.3. The van der Waals surface area contributed by atoms with Gasteiger partial charge in [-0.05, 0) is 194 Å². The van der Waals surface area contributed by atoms with E-state index in [2.05, 4.69) is 288 Å². The highest BCUT2D eigenvalue weighted by atomic mass is 15.2. The molecule has 13 rings (SSSR count). The molecule has 0 aromatic heterocycles. The molecule has 13 aromatic carbocycles. The summed E-state index contributed by atoms with van der Waals surface area (Å²) in [6.45, 7) is 0. The van der Waals surface area contributed by atoms with Gasteiger partial charge in [0.25, 0.3) is 0 Å². The van der Waals surface area contributed by atoms with Crippen LogP contribution < -0.4 is 14.7 Å². The lowest BCUT2D eigenvalue weighted by Crippen LogP contribution is -2.10. The smallest absolute Gasteiger partial charge is 0.0623 e. The Kier molecular flexibility index (Phi) is 13.2. The maximum atomic E-state index is 8.27. The minimum Gasteiger partial charge on any atom is -0.310 e. The van der Waals surface area contributed by atoms with Crippen LogP contribution >= 0.6 is 0 Å². The van der Waals surface area contributed by atoms with Crippen LogP contribution in [0.2, 0.25) is 0 Å². The molecule has 0 aliphatic carbocycles. The Morgan fingerprint density at radius 2 is 0.370 bits per heavy atom. The summed E-state index contributed by atoms with van der Waals surface area (Å²) in [6.07, 6.45) is 0. The van der Waals surface area contributed by atoms with Gasteiger partial charge in [0, 0.05) is 51.2 Å². The van der Waals surface area contributed by atoms with E-state index < -0.39 is 0 Å². The summed E-state index contributed by atoms with van der Waals surface area (Å²) in [5, 5.41) is 0. The molecule has 13 aromatic rings. The fraction of sp³-hybridized carbons (Fsp3) is 0. The summed E-state index contributed by atoms with van der Waals surface area (Å²) in [7, 11) is 0. The van der Waals surface area contributed by atoms with Crippen LogP contribution in [0, 0.1) is 0 Å². The van der Waals surface area contributed by atoms with Crippen molar-refractivity contribution >= 4 is 51.2 Å². The van der Waals surface area contributed by atoms with Crippen LogP contribution in [0.15, 0.2) is 346 Å². The molecule has 0 heterocycles. The standard InChI is InChI=1S/C78H57N3/c1-7-22-58(23-8-1)61-40-46-73(47-41-61)79(70-31-13-4-14-32-70)76-37-19-28-64(55-76)67-52-68(65-29-20-38-77(56-65)80(71-33-15-5-16-34-71)74-48-42-62(43-49-74)59-24-9-2-10-25-59)54-69(53-67)66-30-21-39-78(57-66)81(72-35-17-6-18-36-72)75-50-44-63(45-51-75)60-26-11-3-12-27-60/h1-57H/i7T,9T,11T. The molecule has 3 heteroatoms. The molecule has 0 fully saturated rings. The zero-order valence-electron chi connectivity index (χ0n) is 47.5. The van der Waals surface area contributed by atoms with Crippen molar-refractivity contribution in [3.63, 3.8) is 0 Å². The van der Waals surface area contributed by atoms with Gasteiger partial charge in [0.15, 0.2) is 0 Å². The van der Waals surface area contributed by atoms with Crippen LogP contribution in [-0.4, -0.2) is 0 Å². The van der Waals surface area contributed by atoms with Crippen LogP contribution in [0.3, 0.4) is 0 Å². The van der Waals surface area contributed by atoms with E-state index in [1.165, 1.54) is 0 Å². The van der Waals surface area contributed by atoms with E-state index in [0.717, 1.165) is 118 Å². The van der Waals surface area contributed by atoms with Gasteiger partial charge in [0.05, 0.1) is 4.11 Å². The molecule has 0 amide bonds. The first-order valence-corrected chi connectivity index (χ1v) is 27.4. The number of anilines is 9. The molecule has 0 aliphatic rings. The van der Waals surface area contributed by atoms with Crippen LogP contribution in [0.25, 0.3) is 66.8 Å². The highest BCUT2D eigenvalue weighted by Crippen LogP contribution is 2.43. The van der Waals surface area contributed by atoms with Crippen molar-refractivity contribution in [2.45, 2.75) is 0 Å². The Labute approximate surface area is 480 Å². The Hall–Kier alpha value is -10.7. The fourth-order valence-corrected chi connectivity index (χ4v) is 10.8. The highest BCUT2D eigenvalue weighted by Gasteiger charge is 2.19. The molecule has 81 heavy (non-hydrogen) atoms. The molecule has 3 nitrogen and oxygen atoms in total. The van der Waals surface area contributed by atoms with Gasteiger partial charge in [-0.3, -0.25) is 0 Å². The lowest BCUT2D eigenvalue weighted by atomic mass is 9.92. The van der Waals surface area contributed by atoms with Gasteiger partial charge < -0.3 is 14.7 Å². The number of hydrogen-bond acceptors (Lipinski definition) is 3. The number of rotatable bonds is 15. The normalized spacial score (nSPS) is 11.5. The summed E-state index contributed by atoms with van der Waals surface area (Å²) in [4.78, 5) is 6.92. The zero-order valence-corrected chi connectivity index (χ0v) is 44.5. The summed E-state index contributed by atoms with van der Waals surface area (Å²) >= 11 is 0. The third kappa shape index (κ3) is 10.9. The van der Waals surface area contributed by atoms with Crippen molar-refractivity contribution in [2.24, 2.45) is 0 Å². The Balaban J connectivity index is 0.938. The molecule has 0 unspecified atom stereocenters. The van der Waals surface area contributed by atoms with Gasteiger partial charge in [-0.25, -0.2) is 0 Å². The molecular weight excluding hydrogens is 979 g/mol. The van der Waals surface area contributed by atoms with Crippen molar-refractivity contribution in [3.05, 3.63) is 346 Å². The van der Waals surface area contributed by atoms with Gasteiger partial charge in [-0.2, -0.15) is 0 Å². The molecule has 0 aliphatic heterocycles. The van der Waals surface area contributed by atoms with Gasteiger partial charge in [-0.1, -0.05) is 218 Å². The summed E-state index contributed by atoms with van der Waals surface area (Å²) in [5.41, 5.74) is 21.8. The van der Waals surface area contributed by atoms with Gasteiger partial charge >= 0.3 is 0 Å². The molecular formula is C78H57N3. The van der Waals surface area contributed by atoms with Crippen LogP contribution in [0.5, 0.6) is 0 Å². The topological polar surface area (TPSA) is 9.72 Å². The first kappa shape index (κ1) is 46.4. The Bertz CT molecular complexity index is 3940. The van der Waals surface area contributed by atoms with Crippen molar-refractivity contribution < 1.29 is 4.11 Å². The largest absolute Gasteiger partial charge is 0.310 e. The molecule has 384 valence electrons. The maximum Gasteiger partial charge on any atom is 0.0623 e. The second-order valence-corrected chi connectivity index (χ2v) is 20.0. The lowest BCUT2D eigenvalue weighted by Gasteiger charge is -2.27. The van der Waals surface area contributed by atoms with E-state index >= 15 is 0 Å². The van der Waals surface area contributed by atoms with E-state index in [4.69, 9.17) is 4.11 Å². The number of benzene rings is 13. The maximum absolute atomic E-state index is 8.27. The average Bonchev–Trinajstić information content (AvgIpc) is 3.72. The van der Waals surface area contributed by atoms with E-state index in [0.29, 0.717) is 18.1 Å². The average molecular weight is 1040 g/mol. The molecule has 0 radical (unpaired) electrons. The monoisotopic (exact) mass is 1040 g/mol. The zero-order chi connectivity index (χ0) is 56.8. The van der Waals surface area contributed by atoms with Crippen molar-refractivity contribution in [1.82, 2.24) is 0 Å². The summed E-state index contributed by atoms with van der Waals surface area (Å²) in [6, 6.07) is 115. The van der Waals surface area contributed by atoms with Crippen LogP contribution in [-0.2, 0) is 0 Å². The third-order valence-corrected chi connectivity index (χ3v) is 14.8. The highest BCUT2D eigenvalue weighted by molar-refractivity contribution is 5.89. The van der Waals surface area contributed by atoms with Crippen LogP contribution in [0.1, 0.15) is 4.11 Å².